The third-order valence-corrected chi connectivity index (χ3v) is 16.7. The average Bonchev–Trinajstić information content (AvgIpc) is 0.806. The maximum Gasteiger partial charge on any atom is 0.309 e. The smallest absolute Gasteiger partial charge is 0.309 e. The molecule has 0 bridgehead atoms. The SMILES string of the molecule is C.C.C.C.C.C.C.C.C.C.C.C.C.C.C.C.CCCOC(=O)CC(CC(=CC(CC)c1ccccc1)c1ccccc1)C(=O)OCCC.CCCOC(=O)CC(CC(=CCCCCC(CC(C=C(CC(CC(=O)OCCC)C(=O)OCCC)c1ccccc1)c1ccccc1)c1ccccc1)c1ccccc1)C(=O)OCCC. The van der Waals surface area contributed by atoms with Crippen molar-refractivity contribution in [3.05, 3.63) is 234 Å². The van der Waals surface area contributed by atoms with Gasteiger partial charge in [-0.25, -0.2) is 0 Å². The van der Waals surface area contributed by atoms with Crippen LogP contribution in [0, 0.1) is 17.8 Å². The Morgan fingerprint density at radius 3 is 0.850 bits per heavy atom. The molecule has 0 aliphatic carbocycles. The van der Waals surface area contributed by atoms with Crippen LogP contribution in [0.4, 0.5) is 0 Å². The minimum absolute atomic E-state index is 0. The van der Waals surface area contributed by atoms with Gasteiger partial charge in [0.05, 0.1) is 76.7 Å². The van der Waals surface area contributed by atoms with E-state index in [1.165, 1.54) is 16.7 Å². The second-order valence-corrected chi connectivity index (χ2v) is 24.8. The Labute approximate surface area is 697 Å². The summed E-state index contributed by atoms with van der Waals surface area (Å²) in [7, 11) is 0. The van der Waals surface area contributed by atoms with Gasteiger partial charge < -0.3 is 28.4 Å². The number of carbonyl (C=O) groups excluding carboxylic acids is 6. The summed E-state index contributed by atoms with van der Waals surface area (Å²) < 4.78 is 32.8. The molecular weight excluding hydrogens is 1410 g/mol. The first-order valence-electron chi connectivity index (χ1n) is 35.7. The summed E-state index contributed by atoms with van der Waals surface area (Å²) in [6.45, 7) is 15.8. The van der Waals surface area contributed by atoms with Gasteiger partial charge in [0.25, 0.3) is 0 Å². The van der Waals surface area contributed by atoms with E-state index in [-0.39, 0.29) is 186 Å². The number of hydrogen-bond acceptors (Lipinski definition) is 12. The number of benzene rings is 6. The zero-order valence-electron chi connectivity index (χ0n) is 58.9. The van der Waals surface area contributed by atoms with Crippen LogP contribution in [0.2, 0.25) is 0 Å². The standard InChI is InChI=1S/C57H72O8.C28H36O4.16CH4/c1-5-34-62-54(58)42-52(56(60)64-36-7-3)39-49(45-26-16-10-17-27-45)33-23-13-22-32-48(44-24-14-9-15-25-44)38-50(46-28-18-11-19-29-46)40-51(47-30-20-12-21-31-47)41-53(57(61)65-37-8-4)43-55(59)63-35-6-2;1-4-17-31-27(29)21-26(28(30)32-18-5-2)20-25(24-15-11-8-12-16-24)19-22(6-3)23-13-9-7-10-14-23;;;;;;;;;;;;;;;;/h9-12,14-21,24-31,33,40,48,50,52-53H,5-8,13,22-23,32,34-39,41-43H2,1-4H3;7-16,19,22,26H,4-6,17-18,20-21H2,1-3H3;16*1H4. The normalized spacial score (nSPS) is 11.5. The van der Waals surface area contributed by atoms with Gasteiger partial charge in [0.2, 0.25) is 0 Å². The molecule has 12 nitrogen and oxygen atoms in total. The Morgan fingerprint density at radius 1 is 0.292 bits per heavy atom. The molecule has 0 spiro atoms. The van der Waals surface area contributed by atoms with Crippen LogP contribution in [0.25, 0.3) is 16.7 Å². The van der Waals surface area contributed by atoms with Gasteiger partial charge in [-0.3, -0.25) is 28.8 Å². The molecule has 12 heteroatoms. The van der Waals surface area contributed by atoms with Crippen molar-refractivity contribution in [1.82, 2.24) is 0 Å². The Hall–Kier alpha value is -8.64. The molecule has 113 heavy (non-hydrogen) atoms. The molecule has 0 saturated heterocycles. The minimum atomic E-state index is -0.695. The van der Waals surface area contributed by atoms with Crippen molar-refractivity contribution in [3.8, 4) is 0 Å². The van der Waals surface area contributed by atoms with E-state index < -0.39 is 23.7 Å². The highest BCUT2D eigenvalue weighted by Gasteiger charge is 2.30. The number of hydrogen-bond donors (Lipinski definition) is 0. The first-order chi connectivity index (χ1) is 47.3. The summed E-state index contributed by atoms with van der Waals surface area (Å²) in [6.07, 6.45) is 17.6. The van der Waals surface area contributed by atoms with Gasteiger partial charge in [-0.2, -0.15) is 0 Å². The quantitative estimate of drug-likeness (QED) is 0.0203. The highest BCUT2D eigenvalue weighted by atomic mass is 16.6. The zero-order chi connectivity index (χ0) is 69.7. The Balaban J connectivity index is -0.000000184. The molecule has 6 unspecified atom stereocenters. The van der Waals surface area contributed by atoms with Crippen LogP contribution in [0.5, 0.6) is 0 Å². The number of unbranched alkanes of at least 4 members (excludes halogenated alkanes) is 2. The predicted octanol–water partition coefficient (Wildman–Crippen LogP) is 30.0. The van der Waals surface area contributed by atoms with E-state index in [4.69, 9.17) is 28.4 Å². The monoisotopic (exact) mass is 1580 g/mol. The second kappa shape index (κ2) is 78.6. The van der Waals surface area contributed by atoms with Gasteiger partial charge in [-0.15, -0.1) is 0 Å². The predicted molar refractivity (Wildman–Crippen MR) is 498 cm³/mol. The third-order valence-electron chi connectivity index (χ3n) is 16.7. The van der Waals surface area contributed by atoms with Crippen LogP contribution < -0.4 is 0 Å². The van der Waals surface area contributed by atoms with Crippen molar-refractivity contribution >= 4 is 52.5 Å². The molecule has 0 aromatic heterocycles. The Morgan fingerprint density at radius 2 is 0.549 bits per heavy atom. The molecule has 6 aromatic carbocycles. The largest absolute Gasteiger partial charge is 0.466 e. The molecule has 6 rings (SSSR count). The average molecular weight is 1580 g/mol. The molecule has 0 radical (unpaired) electrons. The first kappa shape index (κ1) is 131. The second-order valence-electron chi connectivity index (χ2n) is 24.8. The fourth-order valence-corrected chi connectivity index (χ4v) is 11.6. The fourth-order valence-electron chi connectivity index (χ4n) is 11.6. The van der Waals surface area contributed by atoms with E-state index in [2.05, 4.69) is 116 Å². The minimum Gasteiger partial charge on any atom is -0.466 e. The number of allylic oxidation sites excluding steroid dienone is 6. The lowest BCUT2D eigenvalue weighted by atomic mass is 9.80. The summed E-state index contributed by atoms with van der Waals surface area (Å²) >= 11 is 0. The summed E-state index contributed by atoms with van der Waals surface area (Å²) in [4.78, 5) is 77.9. The molecule has 0 N–H and O–H groups in total. The van der Waals surface area contributed by atoms with E-state index in [1.54, 1.807) is 0 Å². The number of rotatable bonds is 43. The highest BCUT2D eigenvalue weighted by Crippen LogP contribution is 2.39. The lowest BCUT2D eigenvalue weighted by molar-refractivity contribution is -0.155. The number of carbonyl (C=O) groups is 6. The zero-order valence-corrected chi connectivity index (χ0v) is 58.9. The lowest BCUT2D eigenvalue weighted by Gasteiger charge is -2.25. The van der Waals surface area contributed by atoms with Gasteiger partial charge in [0.15, 0.2) is 0 Å². The number of ether oxygens (including phenoxy) is 6. The van der Waals surface area contributed by atoms with Crippen LogP contribution in [-0.2, 0) is 57.2 Å². The van der Waals surface area contributed by atoms with Crippen molar-refractivity contribution in [1.29, 1.82) is 0 Å². The molecule has 0 heterocycles. The maximum absolute atomic E-state index is 13.6. The molecule has 6 atom stereocenters. The van der Waals surface area contributed by atoms with E-state index in [0.717, 1.165) is 84.8 Å². The topological polar surface area (TPSA) is 158 Å². The van der Waals surface area contributed by atoms with Crippen molar-refractivity contribution in [2.75, 3.05) is 39.6 Å². The lowest BCUT2D eigenvalue weighted by Crippen LogP contribution is -2.23. The Bertz CT molecular complexity index is 3270. The summed E-state index contributed by atoms with van der Waals surface area (Å²) in [5.41, 5.74) is 9.81. The van der Waals surface area contributed by atoms with E-state index in [0.29, 0.717) is 84.6 Å². The molecule has 6 aromatic rings. The van der Waals surface area contributed by atoms with Crippen LogP contribution in [0.15, 0.2) is 200 Å². The summed E-state index contributed by atoms with van der Waals surface area (Å²) in [5.74, 6) is -3.71. The summed E-state index contributed by atoms with van der Waals surface area (Å²) in [5, 5.41) is 0. The van der Waals surface area contributed by atoms with Crippen molar-refractivity contribution in [2.45, 2.75) is 301 Å². The van der Waals surface area contributed by atoms with Gasteiger partial charge in [-0.1, -0.05) is 374 Å². The van der Waals surface area contributed by atoms with Gasteiger partial charge in [0.1, 0.15) is 0 Å². The molecule has 0 aliphatic heterocycles. The van der Waals surface area contributed by atoms with Crippen LogP contribution in [0.3, 0.4) is 0 Å². The molecule has 0 amide bonds. The van der Waals surface area contributed by atoms with Gasteiger partial charge in [0, 0.05) is 11.8 Å². The van der Waals surface area contributed by atoms with Gasteiger partial charge in [-0.05, 0) is 146 Å². The van der Waals surface area contributed by atoms with E-state index in [9.17, 15) is 28.8 Å². The summed E-state index contributed by atoms with van der Waals surface area (Å²) in [6, 6.07) is 61.8. The molecule has 648 valence electrons. The fraction of sp³-hybridized carbons (Fsp3) is 0.525. The van der Waals surface area contributed by atoms with Gasteiger partial charge >= 0.3 is 35.8 Å². The van der Waals surface area contributed by atoms with Crippen LogP contribution in [-0.4, -0.2) is 75.5 Å². The number of esters is 6. The molecular formula is C101H172O12. The molecule has 0 fully saturated rings. The molecule has 0 saturated carbocycles. The van der Waals surface area contributed by atoms with Crippen molar-refractivity contribution < 1.29 is 57.2 Å². The highest BCUT2D eigenvalue weighted by molar-refractivity contribution is 5.85. The first-order valence-corrected chi connectivity index (χ1v) is 35.7. The van der Waals surface area contributed by atoms with Crippen molar-refractivity contribution in [2.24, 2.45) is 17.8 Å². The van der Waals surface area contributed by atoms with Crippen molar-refractivity contribution in [3.63, 3.8) is 0 Å². The maximum atomic E-state index is 13.6. The van der Waals surface area contributed by atoms with Crippen LogP contribution in [0.1, 0.15) is 334 Å². The Kier molecular flexibility index (Phi) is 90.9. The van der Waals surface area contributed by atoms with E-state index in [1.807, 2.05) is 133 Å². The third kappa shape index (κ3) is 50.3. The van der Waals surface area contributed by atoms with E-state index >= 15 is 0 Å². The molecule has 0 aliphatic rings. The van der Waals surface area contributed by atoms with Crippen LogP contribution >= 0.6 is 0 Å².